The third kappa shape index (κ3) is 4.37. The summed E-state index contributed by atoms with van der Waals surface area (Å²) in [5.41, 5.74) is 0.447. The van der Waals surface area contributed by atoms with Crippen LogP contribution < -0.4 is 4.74 Å². The predicted molar refractivity (Wildman–Crippen MR) is 78.3 cm³/mol. The fraction of sp³-hybridized carbons (Fsp3) is 0.600. The number of piperazine rings is 1. The van der Waals surface area contributed by atoms with Crippen LogP contribution in [0.4, 0.5) is 8.78 Å². The molecule has 1 fully saturated rings. The van der Waals surface area contributed by atoms with Crippen LogP contribution in [0.3, 0.4) is 0 Å². The Labute approximate surface area is 128 Å². The minimum absolute atomic E-state index is 0.0867. The maximum Gasteiger partial charge on any atom is 0.272 e. The zero-order valence-electron chi connectivity index (χ0n) is 12.8. The summed E-state index contributed by atoms with van der Waals surface area (Å²) < 4.78 is 28.9. The Balaban J connectivity index is 1.90. The molecule has 1 amide bonds. The lowest BCUT2D eigenvalue weighted by Gasteiger charge is -2.36. The lowest BCUT2D eigenvalue weighted by molar-refractivity contribution is 0.0594. The van der Waals surface area contributed by atoms with Gasteiger partial charge in [-0.2, -0.15) is 0 Å². The fourth-order valence-corrected chi connectivity index (χ4v) is 2.36. The molecule has 0 unspecified atom stereocenters. The largest absolute Gasteiger partial charge is 0.472 e. The van der Waals surface area contributed by atoms with Gasteiger partial charge >= 0.3 is 0 Å². The maximum atomic E-state index is 12.4. The lowest BCUT2D eigenvalue weighted by Crippen LogP contribution is -2.50. The number of amides is 1. The highest BCUT2D eigenvalue weighted by Gasteiger charge is 2.23. The van der Waals surface area contributed by atoms with Crippen molar-refractivity contribution < 1.29 is 18.3 Å². The molecule has 5 nitrogen and oxygen atoms in total. The van der Waals surface area contributed by atoms with Gasteiger partial charge in [0.05, 0.1) is 5.56 Å². The van der Waals surface area contributed by atoms with E-state index in [1.54, 1.807) is 11.0 Å². The second-order valence-corrected chi connectivity index (χ2v) is 5.51. The number of alkyl halides is 2. The Hall–Kier alpha value is -1.76. The average molecular weight is 313 g/mol. The predicted octanol–water partition coefficient (Wildman–Crippen LogP) is 1.89. The van der Waals surface area contributed by atoms with Crippen LogP contribution in [0.5, 0.6) is 5.88 Å². The van der Waals surface area contributed by atoms with Gasteiger partial charge in [-0.3, -0.25) is 9.69 Å². The van der Waals surface area contributed by atoms with Crippen LogP contribution in [0.15, 0.2) is 18.3 Å². The summed E-state index contributed by atoms with van der Waals surface area (Å²) in [6.07, 6.45) is -1.17. The second-order valence-electron chi connectivity index (χ2n) is 5.51. The maximum absolute atomic E-state index is 12.4. The fourth-order valence-electron chi connectivity index (χ4n) is 2.36. The van der Waals surface area contributed by atoms with Crippen molar-refractivity contribution in [2.24, 2.45) is 0 Å². The van der Waals surface area contributed by atoms with E-state index in [0.717, 1.165) is 13.1 Å². The molecule has 0 saturated carbocycles. The van der Waals surface area contributed by atoms with Gasteiger partial charge in [0.1, 0.15) is 0 Å². The van der Waals surface area contributed by atoms with Gasteiger partial charge in [-0.05, 0) is 19.9 Å². The number of hydrogen-bond donors (Lipinski definition) is 0. The summed E-state index contributed by atoms with van der Waals surface area (Å²) in [4.78, 5) is 20.4. The minimum atomic E-state index is -2.54. The molecule has 0 atom stereocenters. The monoisotopic (exact) mass is 313 g/mol. The number of nitrogens with zero attached hydrogens (tertiary/aromatic N) is 3. The number of ether oxygens (including phenoxy) is 1. The average Bonchev–Trinajstić information content (AvgIpc) is 2.53. The van der Waals surface area contributed by atoms with Crippen molar-refractivity contribution in [3.8, 4) is 5.88 Å². The smallest absolute Gasteiger partial charge is 0.272 e. The van der Waals surface area contributed by atoms with E-state index in [-0.39, 0.29) is 11.8 Å². The number of carbonyl (C=O) groups excluding carboxylic acids is 1. The van der Waals surface area contributed by atoms with Gasteiger partial charge in [0, 0.05) is 44.5 Å². The molecule has 1 aromatic rings. The van der Waals surface area contributed by atoms with Gasteiger partial charge in [-0.15, -0.1) is 0 Å². The lowest BCUT2D eigenvalue weighted by atomic mass is 10.2. The second kappa shape index (κ2) is 7.49. The van der Waals surface area contributed by atoms with Crippen LogP contribution in [0.1, 0.15) is 24.2 Å². The molecule has 1 aliphatic rings. The Bertz CT molecular complexity index is 486. The van der Waals surface area contributed by atoms with Crippen molar-refractivity contribution in [2.75, 3.05) is 32.8 Å². The van der Waals surface area contributed by atoms with E-state index >= 15 is 0 Å². The standard InChI is InChI=1S/C15H21F2N3O2/c1-11(2)19-5-7-20(8-6-19)15(21)12-3-4-14(18-9-12)22-10-13(16)17/h3-4,9,11,13H,5-8,10H2,1-2H3. The first-order valence-corrected chi connectivity index (χ1v) is 7.37. The van der Waals surface area contributed by atoms with Crippen molar-refractivity contribution in [1.29, 1.82) is 0 Å². The van der Waals surface area contributed by atoms with Crippen molar-refractivity contribution in [2.45, 2.75) is 26.3 Å². The van der Waals surface area contributed by atoms with E-state index in [0.29, 0.717) is 24.7 Å². The van der Waals surface area contributed by atoms with Gasteiger partial charge in [0.15, 0.2) is 6.61 Å². The summed E-state index contributed by atoms with van der Waals surface area (Å²) in [5.74, 6) is 0.0118. The molecule has 1 saturated heterocycles. The number of aromatic nitrogens is 1. The highest BCUT2D eigenvalue weighted by Crippen LogP contribution is 2.13. The topological polar surface area (TPSA) is 45.7 Å². The summed E-state index contributed by atoms with van der Waals surface area (Å²) in [6.45, 7) is 6.65. The molecule has 7 heteroatoms. The van der Waals surface area contributed by atoms with Gasteiger partial charge < -0.3 is 9.64 Å². The molecule has 0 N–H and O–H groups in total. The van der Waals surface area contributed by atoms with Gasteiger partial charge in [-0.1, -0.05) is 0 Å². The number of rotatable bonds is 5. The molecule has 0 bridgehead atoms. The molecule has 0 aliphatic carbocycles. The third-order valence-electron chi connectivity index (χ3n) is 3.67. The van der Waals surface area contributed by atoms with Crippen molar-refractivity contribution in [1.82, 2.24) is 14.8 Å². The van der Waals surface area contributed by atoms with E-state index in [1.165, 1.54) is 12.3 Å². The normalized spacial score (nSPS) is 16.4. The Morgan fingerprint density at radius 3 is 2.45 bits per heavy atom. The molecule has 22 heavy (non-hydrogen) atoms. The summed E-state index contributed by atoms with van der Waals surface area (Å²) >= 11 is 0. The molecule has 2 heterocycles. The molecule has 122 valence electrons. The molecule has 2 rings (SSSR count). The summed E-state index contributed by atoms with van der Waals surface area (Å²) in [7, 11) is 0. The van der Waals surface area contributed by atoms with Gasteiger partial charge in [-0.25, -0.2) is 13.8 Å². The Morgan fingerprint density at radius 1 is 1.27 bits per heavy atom. The van der Waals surface area contributed by atoms with Crippen LogP contribution >= 0.6 is 0 Å². The third-order valence-corrected chi connectivity index (χ3v) is 3.67. The first kappa shape index (κ1) is 16.6. The highest BCUT2D eigenvalue weighted by molar-refractivity contribution is 5.94. The van der Waals surface area contributed by atoms with E-state index in [2.05, 4.69) is 23.7 Å². The molecule has 0 radical (unpaired) electrons. The highest BCUT2D eigenvalue weighted by atomic mass is 19.3. The minimum Gasteiger partial charge on any atom is -0.472 e. The van der Waals surface area contributed by atoms with Crippen molar-refractivity contribution in [3.63, 3.8) is 0 Å². The zero-order chi connectivity index (χ0) is 16.1. The van der Waals surface area contributed by atoms with Crippen LogP contribution in [0.2, 0.25) is 0 Å². The van der Waals surface area contributed by atoms with Crippen LogP contribution in [-0.4, -0.2) is 65.9 Å². The summed E-state index contributed by atoms with van der Waals surface area (Å²) in [6, 6.07) is 3.48. The number of carbonyl (C=O) groups is 1. The number of halogens is 2. The van der Waals surface area contributed by atoms with E-state index < -0.39 is 13.0 Å². The number of hydrogen-bond acceptors (Lipinski definition) is 4. The molecule has 1 aromatic heterocycles. The zero-order valence-corrected chi connectivity index (χ0v) is 12.8. The molecular formula is C15H21F2N3O2. The van der Waals surface area contributed by atoms with E-state index in [1.807, 2.05) is 0 Å². The van der Waals surface area contributed by atoms with Crippen LogP contribution in [-0.2, 0) is 0 Å². The Kier molecular flexibility index (Phi) is 5.65. The molecule has 0 spiro atoms. The van der Waals surface area contributed by atoms with Crippen LogP contribution in [0.25, 0.3) is 0 Å². The van der Waals surface area contributed by atoms with Gasteiger partial charge in [0.25, 0.3) is 12.3 Å². The SMILES string of the molecule is CC(C)N1CCN(C(=O)c2ccc(OCC(F)F)nc2)CC1. The quantitative estimate of drug-likeness (QED) is 0.833. The number of pyridine rings is 1. The molecule has 0 aromatic carbocycles. The first-order valence-electron chi connectivity index (χ1n) is 7.37. The Morgan fingerprint density at radius 2 is 1.95 bits per heavy atom. The van der Waals surface area contributed by atoms with E-state index in [4.69, 9.17) is 4.74 Å². The van der Waals surface area contributed by atoms with E-state index in [9.17, 15) is 13.6 Å². The summed E-state index contributed by atoms with van der Waals surface area (Å²) in [5, 5.41) is 0. The van der Waals surface area contributed by atoms with Gasteiger partial charge in [0.2, 0.25) is 5.88 Å². The molecular weight excluding hydrogens is 292 g/mol. The van der Waals surface area contributed by atoms with Crippen LogP contribution in [0, 0.1) is 0 Å². The first-order chi connectivity index (χ1) is 10.5. The molecule has 1 aliphatic heterocycles. The van der Waals surface area contributed by atoms with Crippen molar-refractivity contribution >= 4 is 5.91 Å². The van der Waals surface area contributed by atoms with Crippen molar-refractivity contribution in [3.05, 3.63) is 23.9 Å².